The van der Waals surface area contributed by atoms with Crippen molar-refractivity contribution >= 4 is 33.3 Å². The van der Waals surface area contributed by atoms with Gasteiger partial charge < -0.3 is 4.90 Å². The second-order valence-electron chi connectivity index (χ2n) is 3.32. The van der Waals surface area contributed by atoms with Crippen LogP contribution in [0.4, 0.5) is 5.82 Å². The van der Waals surface area contributed by atoms with Crippen LogP contribution in [0, 0.1) is 0 Å². The lowest BCUT2D eigenvalue weighted by atomic mass is 10.4. The van der Waals surface area contributed by atoms with Gasteiger partial charge in [0.05, 0.1) is 4.47 Å². The molecule has 0 N–H and O–H groups in total. The fourth-order valence-electron chi connectivity index (χ4n) is 1.51. The third kappa shape index (κ3) is 1.86. The Kier molecular flexibility index (Phi) is 2.93. The molecule has 14 heavy (non-hydrogen) atoms. The highest BCUT2D eigenvalue weighted by Crippen LogP contribution is 2.36. The summed E-state index contributed by atoms with van der Waals surface area (Å²) < 4.78 is 0.801. The molecule has 76 valence electrons. The van der Waals surface area contributed by atoms with Crippen molar-refractivity contribution in [2.24, 2.45) is 0 Å². The minimum absolute atomic E-state index is 0.481. The molecule has 1 aromatic rings. The zero-order valence-corrected chi connectivity index (χ0v) is 10.2. The molecule has 1 saturated carbocycles. The summed E-state index contributed by atoms with van der Waals surface area (Å²) in [6.45, 7) is 3.08. The second kappa shape index (κ2) is 4.03. The summed E-state index contributed by atoms with van der Waals surface area (Å²) in [4.78, 5) is 10.4. The molecule has 0 amide bonds. The van der Waals surface area contributed by atoms with Gasteiger partial charge in [-0.1, -0.05) is 11.6 Å². The molecule has 0 radical (unpaired) electrons. The highest BCUT2D eigenvalue weighted by atomic mass is 79.9. The maximum Gasteiger partial charge on any atom is 0.148 e. The first-order valence-corrected chi connectivity index (χ1v) is 5.83. The first-order valence-electron chi connectivity index (χ1n) is 4.66. The normalized spacial score (nSPS) is 15.6. The van der Waals surface area contributed by atoms with Crippen molar-refractivity contribution in [2.75, 3.05) is 11.4 Å². The molecule has 0 atom stereocenters. The van der Waals surface area contributed by atoms with Gasteiger partial charge in [0.1, 0.15) is 17.3 Å². The average molecular weight is 277 g/mol. The van der Waals surface area contributed by atoms with Crippen molar-refractivity contribution < 1.29 is 0 Å². The summed E-state index contributed by atoms with van der Waals surface area (Å²) in [6.07, 6.45) is 4.01. The van der Waals surface area contributed by atoms with E-state index in [0.29, 0.717) is 11.2 Å². The second-order valence-corrected chi connectivity index (χ2v) is 4.47. The van der Waals surface area contributed by atoms with Gasteiger partial charge in [-0.15, -0.1) is 0 Å². The molecule has 1 aliphatic rings. The number of nitrogens with zero attached hydrogens (tertiary/aromatic N) is 3. The van der Waals surface area contributed by atoms with E-state index in [9.17, 15) is 0 Å². The van der Waals surface area contributed by atoms with Gasteiger partial charge >= 0.3 is 0 Å². The molecule has 1 aromatic heterocycles. The van der Waals surface area contributed by atoms with Gasteiger partial charge in [0.2, 0.25) is 0 Å². The Morgan fingerprint density at radius 2 is 2.29 bits per heavy atom. The quantitative estimate of drug-likeness (QED) is 0.795. The minimum Gasteiger partial charge on any atom is -0.353 e. The Labute approximate surface area is 96.6 Å². The first kappa shape index (κ1) is 10.2. The van der Waals surface area contributed by atoms with Crippen molar-refractivity contribution in [1.29, 1.82) is 0 Å². The van der Waals surface area contributed by atoms with Gasteiger partial charge in [0.15, 0.2) is 0 Å². The van der Waals surface area contributed by atoms with Crippen molar-refractivity contribution in [3.8, 4) is 0 Å². The van der Waals surface area contributed by atoms with E-state index in [4.69, 9.17) is 11.6 Å². The van der Waals surface area contributed by atoms with Crippen molar-refractivity contribution in [2.45, 2.75) is 25.8 Å². The van der Waals surface area contributed by atoms with Gasteiger partial charge in [-0.2, -0.15) is 0 Å². The van der Waals surface area contributed by atoms with Crippen molar-refractivity contribution in [1.82, 2.24) is 9.97 Å². The number of hydrogen-bond acceptors (Lipinski definition) is 3. The van der Waals surface area contributed by atoms with Crippen molar-refractivity contribution in [3.63, 3.8) is 0 Å². The van der Waals surface area contributed by atoms with E-state index in [0.717, 1.165) is 16.8 Å². The zero-order valence-electron chi connectivity index (χ0n) is 7.87. The lowest BCUT2D eigenvalue weighted by molar-refractivity contribution is 0.801. The predicted octanol–water partition coefficient (Wildman–Crippen LogP) is 2.88. The fourth-order valence-corrected chi connectivity index (χ4v) is 2.07. The summed E-state index contributed by atoms with van der Waals surface area (Å²) in [7, 11) is 0. The van der Waals surface area contributed by atoms with E-state index in [1.807, 2.05) is 0 Å². The standard InChI is InChI=1S/C9H11BrClN3/c1-2-14(6-3-4-6)9-7(10)8(11)12-5-13-9/h5-6H,2-4H2,1H3. The Hall–Kier alpha value is -0.350. The van der Waals surface area contributed by atoms with Gasteiger partial charge in [-0.25, -0.2) is 9.97 Å². The molecule has 5 heteroatoms. The molecule has 0 spiro atoms. The van der Waals surface area contributed by atoms with E-state index in [1.54, 1.807) is 0 Å². The SMILES string of the molecule is CCN(c1ncnc(Cl)c1Br)C1CC1. The molecule has 0 bridgehead atoms. The lowest BCUT2D eigenvalue weighted by Crippen LogP contribution is -2.26. The monoisotopic (exact) mass is 275 g/mol. The number of halogens is 2. The number of rotatable bonds is 3. The number of aromatic nitrogens is 2. The molecule has 1 fully saturated rings. The summed E-state index contributed by atoms with van der Waals surface area (Å²) in [5.41, 5.74) is 0. The Morgan fingerprint density at radius 3 is 2.86 bits per heavy atom. The Balaban J connectivity index is 2.33. The average Bonchev–Trinajstić information content (AvgIpc) is 2.97. The number of anilines is 1. The molecule has 0 aliphatic heterocycles. The molecule has 0 saturated heterocycles. The molecule has 0 unspecified atom stereocenters. The van der Waals surface area contributed by atoms with Gasteiger partial charge in [-0.3, -0.25) is 0 Å². The van der Waals surface area contributed by atoms with Crippen LogP contribution in [-0.2, 0) is 0 Å². The van der Waals surface area contributed by atoms with Crippen LogP contribution in [0.5, 0.6) is 0 Å². The third-order valence-corrected chi connectivity index (χ3v) is 3.57. The number of hydrogen-bond donors (Lipinski definition) is 0. The van der Waals surface area contributed by atoms with Crippen molar-refractivity contribution in [3.05, 3.63) is 16.0 Å². The van der Waals surface area contributed by atoms with E-state index < -0.39 is 0 Å². The highest BCUT2D eigenvalue weighted by Gasteiger charge is 2.30. The first-order chi connectivity index (χ1) is 6.74. The van der Waals surface area contributed by atoms with Crippen LogP contribution in [0.25, 0.3) is 0 Å². The van der Waals surface area contributed by atoms with Crippen LogP contribution in [0.15, 0.2) is 10.8 Å². The third-order valence-electron chi connectivity index (χ3n) is 2.33. The highest BCUT2D eigenvalue weighted by molar-refractivity contribution is 9.10. The molecule has 0 aromatic carbocycles. The smallest absolute Gasteiger partial charge is 0.148 e. The molecule has 3 nitrogen and oxygen atoms in total. The Morgan fingerprint density at radius 1 is 1.57 bits per heavy atom. The van der Waals surface area contributed by atoms with Crippen LogP contribution in [0.2, 0.25) is 5.15 Å². The molecular formula is C9H11BrClN3. The lowest BCUT2D eigenvalue weighted by Gasteiger charge is -2.22. The molecule has 2 rings (SSSR count). The largest absolute Gasteiger partial charge is 0.353 e. The van der Waals surface area contributed by atoms with E-state index in [-0.39, 0.29) is 0 Å². The van der Waals surface area contributed by atoms with Gasteiger partial charge in [0.25, 0.3) is 0 Å². The zero-order chi connectivity index (χ0) is 10.1. The van der Waals surface area contributed by atoms with E-state index in [2.05, 4.69) is 37.7 Å². The van der Waals surface area contributed by atoms with Crippen LogP contribution >= 0.6 is 27.5 Å². The van der Waals surface area contributed by atoms with Gasteiger partial charge in [-0.05, 0) is 35.7 Å². The summed E-state index contributed by atoms with van der Waals surface area (Å²) >= 11 is 9.33. The molecule has 1 heterocycles. The van der Waals surface area contributed by atoms with Crippen LogP contribution in [-0.4, -0.2) is 22.6 Å². The Bertz CT molecular complexity index is 341. The van der Waals surface area contributed by atoms with Gasteiger partial charge in [0, 0.05) is 12.6 Å². The predicted molar refractivity (Wildman–Crippen MR) is 60.8 cm³/mol. The van der Waals surface area contributed by atoms with E-state index in [1.165, 1.54) is 19.2 Å². The van der Waals surface area contributed by atoms with Crippen LogP contribution in [0.3, 0.4) is 0 Å². The molecule has 1 aliphatic carbocycles. The summed E-state index contributed by atoms with van der Waals surface area (Å²) in [5.74, 6) is 0.912. The summed E-state index contributed by atoms with van der Waals surface area (Å²) in [5, 5.41) is 0.481. The van der Waals surface area contributed by atoms with E-state index >= 15 is 0 Å². The fraction of sp³-hybridized carbons (Fsp3) is 0.556. The van der Waals surface area contributed by atoms with Crippen LogP contribution < -0.4 is 4.90 Å². The molecular weight excluding hydrogens is 265 g/mol. The summed E-state index contributed by atoms with van der Waals surface area (Å²) in [6, 6.07) is 0.641. The maximum atomic E-state index is 5.92. The van der Waals surface area contributed by atoms with Crippen LogP contribution in [0.1, 0.15) is 19.8 Å². The minimum atomic E-state index is 0.481. The maximum absolute atomic E-state index is 5.92. The topological polar surface area (TPSA) is 29.0 Å².